The van der Waals surface area contributed by atoms with Gasteiger partial charge < -0.3 is 5.11 Å². The number of carboxylic acids is 1. The summed E-state index contributed by atoms with van der Waals surface area (Å²) in [6.45, 7) is 1.91. The summed E-state index contributed by atoms with van der Waals surface area (Å²) in [5, 5.41) is 20.2. The van der Waals surface area contributed by atoms with E-state index < -0.39 is 5.97 Å². The van der Waals surface area contributed by atoms with E-state index in [9.17, 15) is 4.79 Å². The Balaban J connectivity index is 2.32. The van der Waals surface area contributed by atoms with E-state index in [0.717, 1.165) is 4.88 Å². The van der Waals surface area contributed by atoms with Crippen LogP contribution in [0.3, 0.4) is 0 Å². The molecular weight excluding hydrogens is 242 g/mol. The van der Waals surface area contributed by atoms with Gasteiger partial charge in [0, 0.05) is 6.20 Å². The maximum Gasteiger partial charge on any atom is 0.305 e. The van der Waals surface area contributed by atoms with Gasteiger partial charge in [0.1, 0.15) is 0 Å². The van der Waals surface area contributed by atoms with E-state index >= 15 is 0 Å². The van der Waals surface area contributed by atoms with E-state index in [2.05, 4.69) is 20.5 Å². The zero-order valence-electron chi connectivity index (χ0n) is 9.15. The number of carboxylic acid groups (broad SMARTS) is 1. The zero-order chi connectivity index (χ0) is 12.3. The van der Waals surface area contributed by atoms with Crippen LogP contribution in [-0.2, 0) is 4.79 Å². The molecule has 1 atom stereocenters. The summed E-state index contributed by atoms with van der Waals surface area (Å²) in [6, 6.07) is -0.236. The van der Waals surface area contributed by atoms with Crippen molar-refractivity contribution in [3.63, 3.8) is 0 Å². The fourth-order valence-electron chi connectivity index (χ4n) is 1.53. The van der Waals surface area contributed by atoms with Gasteiger partial charge in [-0.1, -0.05) is 6.92 Å². The number of hydrogen-bond donors (Lipinski definition) is 1. The van der Waals surface area contributed by atoms with Gasteiger partial charge in [0.15, 0.2) is 5.82 Å². The smallest absolute Gasteiger partial charge is 0.305 e. The molecule has 0 aliphatic carbocycles. The van der Waals surface area contributed by atoms with Gasteiger partial charge in [-0.15, -0.1) is 16.4 Å². The topological polar surface area (TPSA) is 93.8 Å². The molecule has 0 saturated carbocycles. The third kappa shape index (κ3) is 2.47. The summed E-state index contributed by atoms with van der Waals surface area (Å²) in [7, 11) is 0. The van der Waals surface area contributed by atoms with Crippen molar-refractivity contribution in [3.05, 3.63) is 11.7 Å². The van der Waals surface area contributed by atoms with Crippen molar-refractivity contribution in [2.75, 3.05) is 0 Å². The van der Waals surface area contributed by atoms with Crippen molar-refractivity contribution >= 4 is 17.3 Å². The van der Waals surface area contributed by atoms with Crippen LogP contribution >= 0.6 is 11.3 Å². The minimum atomic E-state index is -0.859. The molecule has 0 fully saturated rings. The van der Waals surface area contributed by atoms with E-state index in [1.807, 2.05) is 6.92 Å². The molecule has 7 nitrogen and oxygen atoms in total. The molecule has 2 aromatic heterocycles. The molecule has 2 aromatic rings. The minimum Gasteiger partial charge on any atom is -0.481 e. The van der Waals surface area contributed by atoms with Gasteiger partial charge in [-0.25, -0.2) is 4.68 Å². The number of nitrogens with zero attached hydrogens (tertiary/aromatic N) is 5. The summed E-state index contributed by atoms with van der Waals surface area (Å²) in [6.07, 6.45) is 2.33. The predicted molar refractivity (Wildman–Crippen MR) is 60.5 cm³/mol. The van der Waals surface area contributed by atoms with Crippen molar-refractivity contribution < 1.29 is 9.90 Å². The Kier molecular flexibility index (Phi) is 3.43. The van der Waals surface area contributed by atoms with Crippen LogP contribution in [0.25, 0.3) is 10.7 Å². The van der Waals surface area contributed by atoms with Crippen LogP contribution in [0.15, 0.2) is 11.7 Å². The second kappa shape index (κ2) is 5.00. The van der Waals surface area contributed by atoms with Crippen LogP contribution in [-0.4, -0.2) is 36.3 Å². The van der Waals surface area contributed by atoms with Crippen molar-refractivity contribution in [1.82, 2.24) is 25.2 Å². The van der Waals surface area contributed by atoms with Crippen LogP contribution in [0.1, 0.15) is 25.8 Å². The summed E-state index contributed by atoms with van der Waals surface area (Å²) in [4.78, 5) is 15.6. The Morgan fingerprint density at radius 2 is 2.47 bits per heavy atom. The lowest BCUT2D eigenvalue weighted by Crippen LogP contribution is -2.15. The summed E-state index contributed by atoms with van der Waals surface area (Å²) < 4.78 is 1.56. The Morgan fingerprint density at radius 1 is 1.65 bits per heavy atom. The van der Waals surface area contributed by atoms with E-state index in [1.165, 1.54) is 11.3 Å². The summed E-state index contributed by atoms with van der Waals surface area (Å²) in [5.74, 6) is -0.289. The molecule has 0 aromatic carbocycles. The Hall–Kier alpha value is -1.83. The minimum absolute atomic E-state index is 0.00729. The van der Waals surface area contributed by atoms with Gasteiger partial charge in [-0.2, -0.15) is 0 Å². The highest BCUT2D eigenvalue weighted by Gasteiger charge is 2.20. The molecule has 0 amide bonds. The molecule has 90 valence electrons. The number of aromatic nitrogens is 5. The molecule has 0 aliphatic heterocycles. The third-order valence-electron chi connectivity index (χ3n) is 2.37. The van der Waals surface area contributed by atoms with Crippen LogP contribution < -0.4 is 0 Å². The first-order valence-electron chi connectivity index (χ1n) is 5.11. The van der Waals surface area contributed by atoms with E-state index in [1.54, 1.807) is 16.4 Å². The summed E-state index contributed by atoms with van der Waals surface area (Å²) in [5.41, 5.74) is 1.69. The molecular formula is C9H11N5O2S. The van der Waals surface area contributed by atoms with Crippen LogP contribution in [0.4, 0.5) is 0 Å². The lowest BCUT2D eigenvalue weighted by molar-refractivity contribution is -0.138. The molecule has 0 bridgehead atoms. The van der Waals surface area contributed by atoms with Crippen molar-refractivity contribution in [1.29, 1.82) is 0 Å². The molecule has 8 heteroatoms. The molecule has 17 heavy (non-hydrogen) atoms. The number of tetrazole rings is 1. The molecule has 0 saturated heterocycles. The first-order valence-corrected chi connectivity index (χ1v) is 5.98. The second-order valence-corrected chi connectivity index (χ2v) is 4.36. The van der Waals surface area contributed by atoms with Gasteiger partial charge in [-0.05, 0) is 16.8 Å². The standard InChI is InChI=1S/C9H11N5O2S/c1-2-6(3-8(15)16)14-9(11-12-13-14)7-4-10-5-17-7/h4-6H,2-3H2,1H3,(H,15,16). The van der Waals surface area contributed by atoms with Crippen molar-refractivity contribution in [2.24, 2.45) is 0 Å². The maximum atomic E-state index is 10.8. The highest BCUT2D eigenvalue weighted by Crippen LogP contribution is 2.25. The van der Waals surface area contributed by atoms with Crippen molar-refractivity contribution in [2.45, 2.75) is 25.8 Å². The van der Waals surface area contributed by atoms with Gasteiger partial charge in [0.2, 0.25) is 0 Å². The van der Waals surface area contributed by atoms with Gasteiger partial charge in [0.05, 0.1) is 22.9 Å². The fraction of sp³-hybridized carbons (Fsp3) is 0.444. The number of rotatable bonds is 5. The number of aliphatic carboxylic acids is 1. The predicted octanol–water partition coefficient (Wildman–Crippen LogP) is 1.22. The molecule has 0 radical (unpaired) electrons. The molecule has 0 spiro atoms. The second-order valence-electron chi connectivity index (χ2n) is 3.47. The SMILES string of the molecule is CCC(CC(=O)O)n1nnnc1-c1cncs1. The first-order chi connectivity index (χ1) is 8.22. The lowest BCUT2D eigenvalue weighted by atomic mass is 10.1. The Labute approximate surface area is 101 Å². The average molecular weight is 253 g/mol. The number of carbonyl (C=O) groups is 1. The lowest BCUT2D eigenvalue weighted by Gasteiger charge is -2.13. The van der Waals surface area contributed by atoms with Crippen LogP contribution in [0.2, 0.25) is 0 Å². The normalized spacial score (nSPS) is 12.5. The number of hydrogen-bond acceptors (Lipinski definition) is 6. The molecule has 2 rings (SSSR count). The van der Waals surface area contributed by atoms with Gasteiger partial charge in [0.25, 0.3) is 0 Å². The third-order valence-corrected chi connectivity index (χ3v) is 3.14. The molecule has 0 aliphatic rings. The monoisotopic (exact) mass is 253 g/mol. The summed E-state index contributed by atoms with van der Waals surface area (Å²) >= 11 is 1.42. The molecule has 1 unspecified atom stereocenters. The number of thiazole rings is 1. The Bertz CT molecular complexity index is 495. The molecule has 1 N–H and O–H groups in total. The van der Waals surface area contributed by atoms with Crippen LogP contribution in [0, 0.1) is 0 Å². The highest BCUT2D eigenvalue weighted by atomic mass is 32.1. The first kappa shape index (κ1) is 11.6. The highest BCUT2D eigenvalue weighted by molar-refractivity contribution is 7.13. The maximum absolute atomic E-state index is 10.8. The van der Waals surface area contributed by atoms with E-state index in [-0.39, 0.29) is 12.5 Å². The largest absolute Gasteiger partial charge is 0.481 e. The fourth-order valence-corrected chi connectivity index (χ4v) is 2.13. The molecule has 2 heterocycles. The van der Waals surface area contributed by atoms with E-state index in [4.69, 9.17) is 5.11 Å². The zero-order valence-corrected chi connectivity index (χ0v) is 9.96. The van der Waals surface area contributed by atoms with Crippen molar-refractivity contribution in [3.8, 4) is 10.7 Å². The van der Waals surface area contributed by atoms with E-state index in [0.29, 0.717) is 12.2 Å². The van der Waals surface area contributed by atoms with Crippen LogP contribution in [0.5, 0.6) is 0 Å². The Morgan fingerprint density at radius 3 is 3.06 bits per heavy atom. The average Bonchev–Trinajstić information content (AvgIpc) is 2.94. The quantitative estimate of drug-likeness (QED) is 0.861. The van der Waals surface area contributed by atoms with Gasteiger partial charge >= 0.3 is 5.97 Å². The van der Waals surface area contributed by atoms with Gasteiger partial charge in [-0.3, -0.25) is 9.78 Å².